The third kappa shape index (κ3) is 5.92. The molecular weight excluding hydrogens is 432 g/mol. The van der Waals surface area contributed by atoms with Crippen LogP contribution >= 0.6 is 0 Å². The van der Waals surface area contributed by atoms with Crippen LogP contribution in [0.1, 0.15) is 5.56 Å². The van der Waals surface area contributed by atoms with Crippen LogP contribution in [0.3, 0.4) is 0 Å². The van der Waals surface area contributed by atoms with E-state index >= 15 is 0 Å². The van der Waals surface area contributed by atoms with Crippen LogP contribution in [0.5, 0.6) is 17.2 Å². The van der Waals surface area contributed by atoms with Gasteiger partial charge in [-0.3, -0.25) is 9.52 Å². The van der Waals surface area contributed by atoms with Crippen molar-refractivity contribution in [3.05, 3.63) is 72.3 Å². The monoisotopic (exact) mass is 456 g/mol. The lowest BCUT2D eigenvalue weighted by atomic mass is 10.2. The Bertz CT molecular complexity index is 1190. The maximum Gasteiger partial charge on any atom is 0.262 e. The number of methoxy groups -OCH3 is 2. The fourth-order valence-corrected chi connectivity index (χ4v) is 3.95. The summed E-state index contributed by atoms with van der Waals surface area (Å²) in [4.78, 5) is 12.3. The average Bonchev–Trinajstić information content (AvgIpc) is 2.77. The van der Waals surface area contributed by atoms with Crippen LogP contribution in [-0.4, -0.2) is 35.2 Å². The number of nitrogens with one attached hydrogen (secondary N) is 2. The molecule has 0 saturated heterocycles. The Labute approximate surface area is 187 Å². The van der Waals surface area contributed by atoms with E-state index in [4.69, 9.17) is 14.2 Å². The molecule has 2 N–H and O–H groups in total. The third-order valence-corrected chi connectivity index (χ3v) is 5.84. The Morgan fingerprint density at radius 2 is 1.59 bits per heavy atom. The number of ether oxygens (including phenoxy) is 3. The van der Waals surface area contributed by atoms with E-state index in [1.165, 1.54) is 38.5 Å². The second kappa shape index (κ2) is 10.1. The maximum atomic E-state index is 12.6. The van der Waals surface area contributed by atoms with Gasteiger partial charge >= 0.3 is 0 Å². The van der Waals surface area contributed by atoms with Gasteiger partial charge in [0.15, 0.2) is 18.1 Å². The van der Waals surface area contributed by atoms with Crippen LogP contribution in [0.15, 0.2) is 71.6 Å². The predicted octanol–water partition coefficient (Wildman–Crippen LogP) is 3.83. The largest absolute Gasteiger partial charge is 0.493 e. The van der Waals surface area contributed by atoms with Crippen molar-refractivity contribution in [2.75, 3.05) is 30.9 Å². The van der Waals surface area contributed by atoms with Gasteiger partial charge in [0.05, 0.1) is 19.1 Å². The Hall–Kier alpha value is -3.72. The van der Waals surface area contributed by atoms with Gasteiger partial charge in [-0.15, -0.1) is 0 Å². The molecule has 0 aliphatic rings. The molecule has 3 aromatic rings. The summed E-state index contributed by atoms with van der Waals surface area (Å²) >= 11 is 0. The first kappa shape index (κ1) is 23.0. The normalized spacial score (nSPS) is 10.8. The van der Waals surface area contributed by atoms with E-state index in [2.05, 4.69) is 10.0 Å². The van der Waals surface area contributed by atoms with Crippen LogP contribution in [0.2, 0.25) is 0 Å². The minimum atomic E-state index is -3.74. The lowest BCUT2D eigenvalue weighted by Gasteiger charge is -2.12. The molecule has 9 heteroatoms. The van der Waals surface area contributed by atoms with Crippen LogP contribution < -0.4 is 24.2 Å². The van der Waals surface area contributed by atoms with E-state index in [0.717, 1.165) is 5.56 Å². The summed E-state index contributed by atoms with van der Waals surface area (Å²) in [5.74, 6) is 1.02. The second-order valence-electron chi connectivity index (χ2n) is 6.85. The fraction of sp³-hybridized carbons (Fsp3) is 0.174. The molecule has 0 radical (unpaired) electrons. The number of aryl methyl sites for hydroxylation is 1. The molecule has 0 spiro atoms. The Morgan fingerprint density at radius 3 is 2.25 bits per heavy atom. The molecule has 3 rings (SSSR count). The zero-order valence-corrected chi connectivity index (χ0v) is 18.7. The highest BCUT2D eigenvalue weighted by molar-refractivity contribution is 7.92. The first-order chi connectivity index (χ1) is 15.3. The molecule has 0 saturated carbocycles. The number of sulfonamides is 1. The van der Waals surface area contributed by atoms with Gasteiger partial charge < -0.3 is 19.5 Å². The standard InChI is InChI=1S/C23H24N2O6S/c1-16-5-4-6-18(13-16)25-32(27,28)20-10-8-19(9-11-20)31-15-23(26)24-17-7-12-21(29-2)22(14-17)30-3/h4-14,25H,15H2,1-3H3,(H,24,26). The molecule has 8 nitrogen and oxygen atoms in total. The van der Waals surface area contributed by atoms with E-state index in [9.17, 15) is 13.2 Å². The fourth-order valence-electron chi connectivity index (χ4n) is 2.90. The van der Waals surface area contributed by atoms with E-state index in [-0.39, 0.29) is 17.4 Å². The summed E-state index contributed by atoms with van der Waals surface area (Å²) in [6.45, 7) is 1.63. The van der Waals surface area contributed by atoms with Crippen molar-refractivity contribution in [2.24, 2.45) is 0 Å². The molecule has 168 valence electrons. The molecule has 0 unspecified atom stereocenters. The van der Waals surface area contributed by atoms with Crippen molar-refractivity contribution in [1.29, 1.82) is 0 Å². The summed E-state index contributed by atoms with van der Waals surface area (Å²) in [7, 11) is -0.704. The average molecular weight is 457 g/mol. The minimum absolute atomic E-state index is 0.0844. The third-order valence-electron chi connectivity index (χ3n) is 4.44. The van der Waals surface area contributed by atoms with Gasteiger partial charge in [-0.05, 0) is 61.0 Å². The summed E-state index contributed by atoms with van der Waals surface area (Å²) in [5, 5.41) is 2.70. The molecule has 0 aliphatic heterocycles. The number of benzene rings is 3. The van der Waals surface area contributed by atoms with Gasteiger partial charge in [0.1, 0.15) is 5.75 Å². The minimum Gasteiger partial charge on any atom is -0.493 e. The highest BCUT2D eigenvalue weighted by atomic mass is 32.2. The SMILES string of the molecule is COc1ccc(NC(=O)COc2ccc(S(=O)(=O)Nc3cccc(C)c3)cc2)cc1OC. The van der Waals surface area contributed by atoms with Crippen molar-refractivity contribution in [2.45, 2.75) is 11.8 Å². The van der Waals surface area contributed by atoms with E-state index in [1.54, 1.807) is 36.4 Å². The van der Waals surface area contributed by atoms with Gasteiger partial charge in [-0.1, -0.05) is 12.1 Å². The van der Waals surface area contributed by atoms with E-state index in [1.807, 2.05) is 13.0 Å². The predicted molar refractivity (Wildman–Crippen MR) is 122 cm³/mol. The number of rotatable bonds is 9. The van der Waals surface area contributed by atoms with Gasteiger partial charge in [0.2, 0.25) is 0 Å². The highest BCUT2D eigenvalue weighted by Crippen LogP contribution is 2.29. The van der Waals surface area contributed by atoms with Gasteiger partial charge in [-0.2, -0.15) is 0 Å². The number of hydrogen-bond donors (Lipinski definition) is 2. The summed E-state index contributed by atoms with van der Waals surface area (Å²) in [6, 6.07) is 17.9. The smallest absolute Gasteiger partial charge is 0.262 e. The summed E-state index contributed by atoms with van der Waals surface area (Å²) in [6.07, 6.45) is 0. The Kier molecular flexibility index (Phi) is 7.21. The van der Waals surface area contributed by atoms with Crippen LogP contribution in [0.4, 0.5) is 11.4 Å². The molecule has 0 fully saturated rings. The van der Waals surface area contributed by atoms with Crippen molar-refractivity contribution in [1.82, 2.24) is 0 Å². The van der Waals surface area contributed by atoms with Crippen molar-refractivity contribution in [3.8, 4) is 17.2 Å². The van der Waals surface area contributed by atoms with Gasteiger partial charge in [0, 0.05) is 17.4 Å². The number of carbonyl (C=O) groups excluding carboxylic acids is 1. The van der Waals surface area contributed by atoms with E-state index in [0.29, 0.717) is 28.6 Å². The molecule has 0 bridgehead atoms. The summed E-state index contributed by atoms with van der Waals surface area (Å²) < 4.78 is 43.5. The molecule has 0 aromatic heterocycles. The van der Waals surface area contributed by atoms with Crippen molar-refractivity contribution < 1.29 is 27.4 Å². The molecule has 32 heavy (non-hydrogen) atoms. The molecule has 3 aromatic carbocycles. The number of hydrogen-bond acceptors (Lipinski definition) is 6. The molecule has 1 amide bonds. The number of amides is 1. The van der Waals surface area contributed by atoms with E-state index < -0.39 is 10.0 Å². The topological polar surface area (TPSA) is 103 Å². The Balaban J connectivity index is 1.58. The summed E-state index contributed by atoms with van der Waals surface area (Å²) in [5.41, 5.74) is 1.96. The van der Waals surface area contributed by atoms with Crippen molar-refractivity contribution >= 4 is 27.3 Å². The van der Waals surface area contributed by atoms with Crippen molar-refractivity contribution in [3.63, 3.8) is 0 Å². The second-order valence-corrected chi connectivity index (χ2v) is 8.54. The van der Waals surface area contributed by atoms with Gasteiger partial charge in [0.25, 0.3) is 15.9 Å². The number of anilines is 2. The maximum absolute atomic E-state index is 12.6. The quantitative estimate of drug-likeness (QED) is 0.507. The molecular formula is C23H24N2O6S. The first-order valence-electron chi connectivity index (χ1n) is 9.65. The lowest BCUT2D eigenvalue weighted by molar-refractivity contribution is -0.118. The van der Waals surface area contributed by atoms with Crippen LogP contribution in [-0.2, 0) is 14.8 Å². The molecule has 0 heterocycles. The lowest BCUT2D eigenvalue weighted by Crippen LogP contribution is -2.20. The Morgan fingerprint density at radius 1 is 0.875 bits per heavy atom. The molecule has 0 atom stereocenters. The number of carbonyl (C=O) groups is 1. The zero-order valence-electron chi connectivity index (χ0n) is 17.9. The van der Waals surface area contributed by atoms with Crippen LogP contribution in [0.25, 0.3) is 0 Å². The molecule has 0 aliphatic carbocycles. The highest BCUT2D eigenvalue weighted by Gasteiger charge is 2.15. The van der Waals surface area contributed by atoms with Crippen LogP contribution in [0, 0.1) is 6.92 Å². The van der Waals surface area contributed by atoms with Gasteiger partial charge in [-0.25, -0.2) is 8.42 Å². The zero-order chi connectivity index (χ0) is 23.1. The first-order valence-corrected chi connectivity index (χ1v) is 11.1.